The summed E-state index contributed by atoms with van der Waals surface area (Å²) < 4.78 is 0. The molecule has 0 aliphatic rings. The molecule has 0 saturated carbocycles. The smallest absolute Gasteiger partial charge is 0.119 e. The van der Waals surface area contributed by atoms with E-state index in [1.54, 1.807) is 0 Å². The molecule has 1 heteroatoms. The SMILES string of the molecule is CC(C)CCCC(C)CCCc1cc(C(C)(C)C)c(O)cc1C(C)(C)C. The minimum absolute atomic E-state index is 0.0284. The van der Waals surface area contributed by atoms with Crippen LogP contribution in [0.1, 0.15) is 111 Å². The van der Waals surface area contributed by atoms with Crippen LogP contribution in [0.15, 0.2) is 12.1 Å². The first-order chi connectivity index (χ1) is 11.8. The van der Waals surface area contributed by atoms with Crippen LogP contribution in [0.5, 0.6) is 5.75 Å². The summed E-state index contributed by atoms with van der Waals surface area (Å²) in [5.74, 6) is 2.09. The molecule has 26 heavy (non-hydrogen) atoms. The lowest BCUT2D eigenvalue weighted by Crippen LogP contribution is -2.18. The first-order valence-corrected chi connectivity index (χ1v) is 10.7. The molecule has 1 N–H and O–H groups in total. The molecule has 1 rings (SSSR count). The van der Waals surface area contributed by atoms with E-state index in [1.165, 1.54) is 43.2 Å². The van der Waals surface area contributed by atoms with E-state index >= 15 is 0 Å². The van der Waals surface area contributed by atoms with Crippen LogP contribution in [0.25, 0.3) is 0 Å². The van der Waals surface area contributed by atoms with Gasteiger partial charge in [-0.25, -0.2) is 0 Å². The fourth-order valence-corrected chi connectivity index (χ4v) is 3.80. The zero-order valence-corrected chi connectivity index (χ0v) is 19.0. The third kappa shape index (κ3) is 7.33. The third-order valence-electron chi connectivity index (χ3n) is 5.46. The van der Waals surface area contributed by atoms with Crippen LogP contribution < -0.4 is 0 Å². The van der Waals surface area contributed by atoms with Gasteiger partial charge in [-0.2, -0.15) is 0 Å². The van der Waals surface area contributed by atoms with Crippen LogP contribution >= 0.6 is 0 Å². The lowest BCUT2D eigenvalue weighted by molar-refractivity contribution is 0.425. The van der Waals surface area contributed by atoms with E-state index in [-0.39, 0.29) is 10.8 Å². The van der Waals surface area contributed by atoms with Gasteiger partial charge in [-0.1, -0.05) is 94.1 Å². The molecule has 0 saturated heterocycles. The molecule has 1 aromatic rings. The standard InChI is InChI=1S/C25H44O/c1-18(2)12-10-13-19(3)14-11-15-20-16-22(25(7,8)9)23(26)17-21(20)24(4,5)6/h16-19,26H,10-15H2,1-9H3. The number of phenolic OH excluding ortho intramolecular Hbond substituents is 1. The summed E-state index contributed by atoms with van der Waals surface area (Å²) in [6.07, 6.45) is 7.72. The molecule has 0 aliphatic heterocycles. The van der Waals surface area contributed by atoms with Gasteiger partial charge in [-0.3, -0.25) is 0 Å². The Bertz CT molecular complexity index is 555. The van der Waals surface area contributed by atoms with Gasteiger partial charge in [0.15, 0.2) is 0 Å². The van der Waals surface area contributed by atoms with Crippen LogP contribution in [0.3, 0.4) is 0 Å². The van der Waals surface area contributed by atoms with Crippen LogP contribution in [-0.2, 0) is 17.3 Å². The van der Waals surface area contributed by atoms with Crippen molar-refractivity contribution in [2.24, 2.45) is 11.8 Å². The minimum Gasteiger partial charge on any atom is -0.508 e. The van der Waals surface area contributed by atoms with Crippen molar-refractivity contribution in [2.45, 2.75) is 112 Å². The maximum atomic E-state index is 10.6. The van der Waals surface area contributed by atoms with Crippen LogP contribution in [0.2, 0.25) is 0 Å². The molecule has 0 amide bonds. The average molecular weight is 361 g/mol. The second-order valence-corrected chi connectivity index (χ2v) is 10.8. The summed E-state index contributed by atoms with van der Waals surface area (Å²) in [7, 11) is 0. The normalized spacial score (nSPS) is 14.1. The summed E-state index contributed by atoms with van der Waals surface area (Å²) in [5.41, 5.74) is 3.83. The van der Waals surface area contributed by atoms with Gasteiger partial charge < -0.3 is 5.11 Å². The van der Waals surface area contributed by atoms with Crippen molar-refractivity contribution in [2.75, 3.05) is 0 Å². The van der Waals surface area contributed by atoms with Crippen molar-refractivity contribution < 1.29 is 5.11 Å². The Labute approximate surface area is 163 Å². The molecule has 0 radical (unpaired) electrons. The van der Waals surface area contributed by atoms with Gasteiger partial charge in [0.1, 0.15) is 5.75 Å². The van der Waals surface area contributed by atoms with Gasteiger partial charge in [0, 0.05) is 0 Å². The van der Waals surface area contributed by atoms with E-state index in [1.807, 2.05) is 6.07 Å². The fraction of sp³-hybridized carbons (Fsp3) is 0.760. The topological polar surface area (TPSA) is 20.2 Å². The Morgan fingerprint density at radius 3 is 1.81 bits per heavy atom. The van der Waals surface area contributed by atoms with Gasteiger partial charge in [0.05, 0.1) is 0 Å². The van der Waals surface area contributed by atoms with Crippen LogP contribution in [0, 0.1) is 11.8 Å². The molecule has 0 heterocycles. The average Bonchev–Trinajstić information content (AvgIpc) is 2.45. The summed E-state index contributed by atoms with van der Waals surface area (Å²) in [5, 5.41) is 10.6. The highest BCUT2D eigenvalue weighted by Crippen LogP contribution is 2.37. The van der Waals surface area contributed by atoms with Gasteiger partial charge >= 0.3 is 0 Å². The largest absolute Gasteiger partial charge is 0.508 e. The Morgan fingerprint density at radius 1 is 0.769 bits per heavy atom. The molecule has 1 nitrogen and oxygen atoms in total. The fourth-order valence-electron chi connectivity index (χ4n) is 3.80. The summed E-state index contributed by atoms with van der Waals surface area (Å²) in [4.78, 5) is 0. The lowest BCUT2D eigenvalue weighted by atomic mass is 9.77. The molecule has 0 fully saturated rings. The van der Waals surface area contributed by atoms with Gasteiger partial charge in [0.2, 0.25) is 0 Å². The first-order valence-electron chi connectivity index (χ1n) is 10.7. The second kappa shape index (κ2) is 9.29. The molecule has 1 unspecified atom stereocenters. The Kier molecular flexibility index (Phi) is 8.24. The number of benzene rings is 1. The van der Waals surface area contributed by atoms with Crippen molar-refractivity contribution in [3.05, 3.63) is 28.8 Å². The van der Waals surface area contributed by atoms with Crippen molar-refractivity contribution in [3.8, 4) is 5.75 Å². The van der Waals surface area contributed by atoms with Crippen molar-refractivity contribution in [1.82, 2.24) is 0 Å². The minimum atomic E-state index is -0.0284. The predicted molar refractivity (Wildman–Crippen MR) is 116 cm³/mol. The summed E-state index contributed by atoms with van der Waals surface area (Å²) >= 11 is 0. The first kappa shape index (κ1) is 23.1. The Hall–Kier alpha value is -0.980. The second-order valence-electron chi connectivity index (χ2n) is 10.8. The predicted octanol–water partition coefficient (Wildman–Crippen LogP) is 7.77. The Morgan fingerprint density at radius 2 is 1.31 bits per heavy atom. The highest BCUT2D eigenvalue weighted by atomic mass is 16.3. The maximum absolute atomic E-state index is 10.6. The van der Waals surface area contributed by atoms with E-state index in [9.17, 15) is 5.11 Å². The molecule has 0 bridgehead atoms. The summed E-state index contributed by atoms with van der Waals surface area (Å²) in [6, 6.07) is 4.31. The van der Waals surface area contributed by atoms with Crippen LogP contribution in [0.4, 0.5) is 0 Å². The maximum Gasteiger partial charge on any atom is 0.119 e. The Balaban J connectivity index is 2.83. The molecule has 0 aromatic heterocycles. The molecular weight excluding hydrogens is 316 g/mol. The van der Waals surface area contributed by atoms with E-state index < -0.39 is 0 Å². The van der Waals surface area contributed by atoms with Gasteiger partial charge in [0.25, 0.3) is 0 Å². The van der Waals surface area contributed by atoms with E-state index in [0.717, 1.165) is 23.8 Å². The van der Waals surface area contributed by atoms with Gasteiger partial charge in [-0.15, -0.1) is 0 Å². The van der Waals surface area contributed by atoms with Crippen molar-refractivity contribution >= 4 is 0 Å². The highest BCUT2D eigenvalue weighted by Gasteiger charge is 2.24. The third-order valence-corrected chi connectivity index (χ3v) is 5.46. The molecule has 150 valence electrons. The lowest BCUT2D eigenvalue weighted by Gasteiger charge is -2.28. The molecule has 1 aromatic carbocycles. The van der Waals surface area contributed by atoms with E-state index in [4.69, 9.17) is 0 Å². The van der Waals surface area contributed by atoms with Crippen molar-refractivity contribution in [1.29, 1.82) is 0 Å². The molecule has 0 spiro atoms. The van der Waals surface area contributed by atoms with E-state index in [0.29, 0.717) is 5.75 Å². The number of hydrogen-bond acceptors (Lipinski definition) is 1. The number of aryl methyl sites for hydroxylation is 1. The molecule has 0 aliphatic carbocycles. The van der Waals surface area contributed by atoms with Gasteiger partial charge in [-0.05, 0) is 58.3 Å². The van der Waals surface area contributed by atoms with Crippen LogP contribution in [-0.4, -0.2) is 5.11 Å². The number of hydrogen-bond donors (Lipinski definition) is 1. The van der Waals surface area contributed by atoms with Crippen molar-refractivity contribution in [3.63, 3.8) is 0 Å². The summed E-state index contributed by atoms with van der Waals surface area (Å²) in [6.45, 7) is 20.3. The number of phenols is 1. The molecular formula is C25H44O. The number of aromatic hydroxyl groups is 1. The zero-order valence-electron chi connectivity index (χ0n) is 19.0. The number of rotatable bonds is 8. The van der Waals surface area contributed by atoms with E-state index in [2.05, 4.69) is 68.4 Å². The molecule has 1 atom stereocenters. The quantitative estimate of drug-likeness (QED) is 0.502. The zero-order chi connectivity index (χ0) is 20.1. The highest BCUT2D eigenvalue weighted by molar-refractivity contribution is 5.47. The monoisotopic (exact) mass is 360 g/mol.